The summed E-state index contributed by atoms with van der Waals surface area (Å²) in [4.78, 5) is 22.8. The molecular formula is C18H21FN4O2. The molecule has 3 rings (SSSR count). The Hall–Kier alpha value is -2.70. The van der Waals surface area contributed by atoms with Crippen molar-refractivity contribution in [2.24, 2.45) is 0 Å². The molecule has 7 heteroatoms. The van der Waals surface area contributed by atoms with E-state index in [1.54, 1.807) is 12.1 Å². The second kappa shape index (κ2) is 7.46. The maximum atomic E-state index is 13.5. The third-order valence-corrected chi connectivity index (χ3v) is 4.10. The number of para-hydroxylation sites is 1. The monoisotopic (exact) mass is 344 g/mol. The van der Waals surface area contributed by atoms with Gasteiger partial charge in [-0.3, -0.25) is 4.79 Å². The van der Waals surface area contributed by atoms with E-state index in [0.717, 1.165) is 24.1 Å². The number of amides is 1. The van der Waals surface area contributed by atoms with Crippen molar-refractivity contribution in [1.82, 2.24) is 15.3 Å². The number of aromatic nitrogens is 2. The fraction of sp³-hybridized carbons (Fsp3) is 0.389. The van der Waals surface area contributed by atoms with E-state index in [-0.39, 0.29) is 24.3 Å². The van der Waals surface area contributed by atoms with E-state index in [1.165, 1.54) is 12.1 Å². The van der Waals surface area contributed by atoms with Crippen molar-refractivity contribution >= 4 is 11.9 Å². The topological polar surface area (TPSA) is 67.4 Å². The van der Waals surface area contributed by atoms with Crippen molar-refractivity contribution in [1.29, 1.82) is 0 Å². The van der Waals surface area contributed by atoms with Crippen LogP contribution in [0.2, 0.25) is 0 Å². The van der Waals surface area contributed by atoms with Crippen molar-refractivity contribution in [3.05, 3.63) is 47.5 Å². The smallest absolute Gasteiger partial charge is 0.258 e. The van der Waals surface area contributed by atoms with Gasteiger partial charge in [0.15, 0.2) is 18.2 Å². The molecule has 1 atom stereocenters. The lowest BCUT2D eigenvalue weighted by molar-refractivity contribution is -0.123. The normalized spacial score (nSPS) is 16.0. The van der Waals surface area contributed by atoms with Crippen molar-refractivity contribution < 1.29 is 13.9 Å². The molecule has 2 aromatic rings. The fourth-order valence-corrected chi connectivity index (χ4v) is 2.81. The number of fused-ring (bicyclic) bond motifs is 1. The van der Waals surface area contributed by atoms with Crippen molar-refractivity contribution in [3.8, 4) is 5.75 Å². The van der Waals surface area contributed by atoms with Crippen LogP contribution in [0.1, 0.15) is 17.7 Å². The van der Waals surface area contributed by atoms with Crippen LogP contribution >= 0.6 is 0 Å². The second-order valence-corrected chi connectivity index (χ2v) is 6.26. The first-order valence-corrected chi connectivity index (χ1v) is 8.21. The molecule has 25 heavy (non-hydrogen) atoms. The van der Waals surface area contributed by atoms with Crippen LogP contribution in [0.4, 0.5) is 10.3 Å². The van der Waals surface area contributed by atoms with E-state index in [4.69, 9.17) is 4.74 Å². The zero-order chi connectivity index (χ0) is 17.8. The average Bonchev–Trinajstić information content (AvgIpc) is 2.60. The third-order valence-electron chi connectivity index (χ3n) is 4.10. The van der Waals surface area contributed by atoms with E-state index in [0.29, 0.717) is 12.4 Å². The second-order valence-electron chi connectivity index (χ2n) is 6.26. The van der Waals surface area contributed by atoms with Crippen LogP contribution in [-0.4, -0.2) is 42.6 Å². The van der Waals surface area contributed by atoms with Gasteiger partial charge in [0, 0.05) is 32.0 Å². The molecule has 1 heterocycles. The summed E-state index contributed by atoms with van der Waals surface area (Å²) in [5.74, 6) is 0.0362. The first kappa shape index (κ1) is 17.1. The number of rotatable bonds is 5. The molecule has 0 saturated heterocycles. The van der Waals surface area contributed by atoms with Gasteiger partial charge in [-0.05, 0) is 37.0 Å². The van der Waals surface area contributed by atoms with Crippen LogP contribution in [0.3, 0.4) is 0 Å². The van der Waals surface area contributed by atoms with Gasteiger partial charge in [-0.15, -0.1) is 0 Å². The van der Waals surface area contributed by atoms with Gasteiger partial charge >= 0.3 is 0 Å². The highest BCUT2D eigenvalue weighted by atomic mass is 19.1. The lowest BCUT2D eigenvalue weighted by atomic mass is 9.93. The largest absolute Gasteiger partial charge is 0.481 e. The van der Waals surface area contributed by atoms with Gasteiger partial charge in [0.2, 0.25) is 5.95 Å². The quantitative estimate of drug-likeness (QED) is 0.895. The molecule has 0 fully saturated rings. The van der Waals surface area contributed by atoms with E-state index in [1.807, 2.05) is 25.2 Å². The van der Waals surface area contributed by atoms with Gasteiger partial charge in [-0.25, -0.2) is 14.4 Å². The average molecular weight is 344 g/mol. The molecule has 1 amide bonds. The number of carbonyl (C=O) groups is 1. The highest BCUT2D eigenvalue weighted by Crippen LogP contribution is 2.21. The molecule has 0 saturated carbocycles. The number of nitrogens with zero attached hydrogens (tertiary/aromatic N) is 3. The number of hydrogen-bond acceptors (Lipinski definition) is 5. The van der Waals surface area contributed by atoms with Gasteiger partial charge in [0.25, 0.3) is 5.91 Å². The minimum atomic E-state index is -0.476. The number of hydrogen-bond donors (Lipinski definition) is 1. The molecule has 1 N–H and O–H groups in total. The maximum absolute atomic E-state index is 13.5. The minimum absolute atomic E-state index is 0.0121. The standard InChI is InChI=1S/C18H21FN4O2/c1-23(2)18-20-10-12-9-13(7-8-15(12)22-18)21-17(24)11-25-16-6-4-3-5-14(16)19/h3-6,10,13H,7-9,11H2,1-2H3,(H,21,24)/t13-/m0/s1. The summed E-state index contributed by atoms with van der Waals surface area (Å²) in [6.07, 6.45) is 4.11. The molecule has 0 unspecified atom stereocenters. The predicted molar refractivity (Wildman–Crippen MR) is 92.2 cm³/mol. The number of anilines is 1. The Morgan fingerprint density at radius 3 is 2.96 bits per heavy atom. The molecule has 1 aliphatic carbocycles. The summed E-state index contributed by atoms with van der Waals surface area (Å²) in [6, 6.07) is 6.05. The Balaban J connectivity index is 1.54. The lowest BCUT2D eigenvalue weighted by Crippen LogP contribution is -2.41. The van der Waals surface area contributed by atoms with Crippen molar-refractivity contribution in [2.45, 2.75) is 25.3 Å². The van der Waals surface area contributed by atoms with E-state index < -0.39 is 5.82 Å². The molecule has 132 valence electrons. The summed E-state index contributed by atoms with van der Waals surface area (Å²) in [7, 11) is 3.81. The highest BCUT2D eigenvalue weighted by Gasteiger charge is 2.22. The Bertz CT molecular complexity index is 766. The first-order valence-electron chi connectivity index (χ1n) is 8.21. The van der Waals surface area contributed by atoms with Crippen LogP contribution in [-0.2, 0) is 17.6 Å². The molecule has 1 aromatic carbocycles. The molecule has 0 radical (unpaired) electrons. The van der Waals surface area contributed by atoms with Gasteiger partial charge < -0.3 is 15.0 Å². The molecule has 0 bridgehead atoms. The number of nitrogens with one attached hydrogen (secondary N) is 1. The number of benzene rings is 1. The number of carbonyl (C=O) groups excluding carboxylic acids is 1. The summed E-state index contributed by atoms with van der Waals surface area (Å²) < 4.78 is 18.7. The zero-order valence-electron chi connectivity index (χ0n) is 14.3. The molecule has 0 aliphatic heterocycles. The Kier molecular flexibility index (Phi) is 5.11. The van der Waals surface area contributed by atoms with Crippen LogP contribution in [0.5, 0.6) is 5.75 Å². The number of aryl methyl sites for hydroxylation is 1. The van der Waals surface area contributed by atoms with Gasteiger partial charge in [-0.1, -0.05) is 12.1 Å². The fourth-order valence-electron chi connectivity index (χ4n) is 2.81. The van der Waals surface area contributed by atoms with E-state index >= 15 is 0 Å². The summed E-state index contributed by atoms with van der Waals surface area (Å²) in [5, 5.41) is 2.93. The predicted octanol–water partition coefficient (Wildman–Crippen LogP) is 1.73. The summed E-state index contributed by atoms with van der Waals surface area (Å²) >= 11 is 0. The molecule has 1 aliphatic rings. The summed E-state index contributed by atoms with van der Waals surface area (Å²) in [6.45, 7) is -0.208. The third kappa shape index (κ3) is 4.23. The maximum Gasteiger partial charge on any atom is 0.258 e. The molecular weight excluding hydrogens is 323 g/mol. The minimum Gasteiger partial charge on any atom is -0.481 e. The SMILES string of the molecule is CN(C)c1ncc2c(n1)CC[C@H](NC(=O)COc1ccccc1F)C2. The zero-order valence-corrected chi connectivity index (χ0v) is 14.3. The van der Waals surface area contributed by atoms with Crippen LogP contribution in [0.15, 0.2) is 30.5 Å². The Morgan fingerprint density at radius 2 is 2.20 bits per heavy atom. The Morgan fingerprint density at radius 1 is 1.40 bits per heavy atom. The van der Waals surface area contributed by atoms with E-state index in [2.05, 4.69) is 15.3 Å². The van der Waals surface area contributed by atoms with Gasteiger partial charge in [-0.2, -0.15) is 0 Å². The van der Waals surface area contributed by atoms with Crippen molar-refractivity contribution in [3.63, 3.8) is 0 Å². The van der Waals surface area contributed by atoms with Crippen LogP contribution in [0, 0.1) is 5.82 Å². The Labute approximate surface area is 146 Å². The number of halogens is 1. The molecule has 0 spiro atoms. The van der Waals surface area contributed by atoms with E-state index in [9.17, 15) is 9.18 Å². The molecule has 6 nitrogen and oxygen atoms in total. The van der Waals surface area contributed by atoms with Crippen molar-refractivity contribution in [2.75, 3.05) is 25.6 Å². The van der Waals surface area contributed by atoms with Gasteiger partial charge in [0.05, 0.1) is 0 Å². The number of ether oxygens (including phenoxy) is 1. The van der Waals surface area contributed by atoms with Gasteiger partial charge in [0.1, 0.15) is 0 Å². The summed E-state index contributed by atoms with van der Waals surface area (Å²) in [5.41, 5.74) is 2.09. The highest BCUT2D eigenvalue weighted by molar-refractivity contribution is 5.77. The first-order chi connectivity index (χ1) is 12.0. The lowest BCUT2D eigenvalue weighted by Gasteiger charge is -2.25. The molecule has 1 aromatic heterocycles. The van der Waals surface area contributed by atoms with Crippen LogP contribution in [0.25, 0.3) is 0 Å². The van der Waals surface area contributed by atoms with Crippen LogP contribution < -0.4 is 15.0 Å².